The molecule has 1 fully saturated rings. The second-order valence-electron chi connectivity index (χ2n) is 5.73. The number of hydrogen-bond donors (Lipinski definition) is 2. The SMILES string of the molecule is CC(CCNC(=O)C1C2C=CC(C2)C1C(=O)O)S(C)=O. The number of carboxylic acid groups (broad SMARTS) is 1. The van der Waals surface area contributed by atoms with Crippen LogP contribution in [-0.2, 0) is 20.4 Å². The van der Waals surface area contributed by atoms with E-state index in [0.29, 0.717) is 13.0 Å². The van der Waals surface area contributed by atoms with E-state index in [1.165, 1.54) is 0 Å². The second-order valence-corrected chi connectivity index (χ2v) is 7.53. The highest BCUT2D eigenvalue weighted by Gasteiger charge is 2.51. The number of amides is 1. The highest BCUT2D eigenvalue weighted by atomic mass is 32.2. The number of carboxylic acids is 1. The Morgan fingerprint density at radius 3 is 2.50 bits per heavy atom. The summed E-state index contributed by atoms with van der Waals surface area (Å²) in [5.41, 5.74) is 0. The molecule has 0 heterocycles. The zero-order chi connectivity index (χ0) is 14.9. The standard InChI is InChI=1S/C14H21NO4S/c1-8(20(2)19)5-6-15-13(16)11-9-3-4-10(7-9)12(11)14(17)18/h3-4,8-12H,5-7H2,1-2H3,(H,15,16)(H,17,18). The van der Waals surface area contributed by atoms with Crippen LogP contribution in [0, 0.1) is 23.7 Å². The topological polar surface area (TPSA) is 83.5 Å². The first kappa shape index (κ1) is 15.2. The zero-order valence-corrected chi connectivity index (χ0v) is 12.6. The predicted octanol–water partition coefficient (Wildman–Crippen LogP) is 0.783. The number of aliphatic carboxylic acids is 1. The summed E-state index contributed by atoms with van der Waals surface area (Å²) in [7, 11) is -0.899. The summed E-state index contributed by atoms with van der Waals surface area (Å²) >= 11 is 0. The highest BCUT2D eigenvalue weighted by molar-refractivity contribution is 7.84. The molecule has 6 heteroatoms. The monoisotopic (exact) mass is 299 g/mol. The van der Waals surface area contributed by atoms with Gasteiger partial charge in [0.05, 0.1) is 11.8 Å². The zero-order valence-electron chi connectivity index (χ0n) is 11.7. The Hall–Kier alpha value is -1.17. The lowest BCUT2D eigenvalue weighted by atomic mass is 9.82. The van der Waals surface area contributed by atoms with Crippen molar-refractivity contribution < 1.29 is 18.9 Å². The lowest BCUT2D eigenvalue weighted by Gasteiger charge is -2.24. The van der Waals surface area contributed by atoms with Gasteiger partial charge in [0.25, 0.3) is 0 Å². The van der Waals surface area contributed by atoms with E-state index in [1.54, 1.807) is 6.26 Å². The second kappa shape index (κ2) is 6.08. The van der Waals surface area contributed by atoms with Gasteiger partial charge < -0.3 is 10.4 Å². The molecule has 2 aliphatic rings. The van der Waals surface area contributed by atoms with Crippen molar-refractivity contribution in [2.24, 2.45) is 23.7 Å². The Kier molecular flexibility index (Phi) is 4.62. The maximum Gasteiger partial charge on any atom is 0.307 e. The van der Waals surface area contributed by atoms with Crippen molar-refractivity contribution in [2.45, 2.75) is 25.0 Å². The van der Waals surface area contributed by atoms with Gasteiger partial charge in [0.1, 0.15) is 0 Å². The van der Waals surface area contributed by atoms with Crippen LogP contribution < -0.4 is 5.32 Å². The molecular formula is C14H21NO4S. The van der Waals surface area contributed by atoms with Gasteiger partial charge in [-0.05, 0) is 24.7 Å². The third kappa shape index (κ3) is 2.95. The van der Waals surface area contributed by atoms with Gasteiger partial charge in [0.15, 0.2) is 0 Å². The van der Waals surface area contributed by atoms with Crippen LogP contribution >= 0.6 is 0 Å². The van der Waals surface area contributed by atoms with Crippen LogP contribution in [0.25, 0.3) is 0 Å². The molecule has 0 aromatic carbocycles. The Labute approximate surface area is 121 Å². The normalized spacial score (nSPS) is 33.9. The van der Waals surface area contributed by atoms with E-state index in [2.05, 4.69) is 5.32 Å². The molecule has 1 saturated carbocycles. The van der Waals surface area contributed by atoms with E-state index in [1.807, 2.05) is 19.1 Å². The fourth-order valence-electron chi connectivity index (χ4n) is 3.20. The van der Waals surface area contributed by atoms with Gasteiger partial charge in [-0.1, -0.05) is 19.1 Å². The number of hydrogen-bond acceptors (Lipinski definition) is 3. The Morgan fingerprint density at radius 1 is 1.35 bits per heavy atom. The molecule has 0 aliphatic heterocycles. The summed E-state index contributed by atoms with van der Waals surface area (Å²) in [6, 6.07) is 0. The third-order valence-electron chi connectivity index (χ3n) is 4.46. The number of nitrogens with one attached hydrogen (secondary N) is 1. The van der Waals surface area contributed by atoms with Crippen LogP contribution in [0.1, 0.15) is 19.8 Å². The summed E-state index contributed by atoms with van der Waals surface area (Å²) in [5, 5.41) is 12.1. The van der Waals surface area contributed by atoms with Crippen molar-refractivity contribution >= 4 is 22.7 Å². The molecule has 20 heavy (non-hydrogen) atoms. The maximum atomic E-state index is 12.2. The van der Waals surface area contributed by atoms with E-state index in [-0.39, 0.29) is 23.0 Å². The molecular weight excluding hydrogens is 278 g/mol. The van der Waals surface area contributed by atoms with Crippen LogP contribution in [0.2, 0.25) is 0 Å². The van der Waals surface area contributed by atoms with Gasteiger partial charge in [0, 0.05) is 28.9 Å². The smallest absolute Gasteiger partial charge is 0.307 e. The summed E-state index contributed by atoms with van der Waals surface area (Å²) in [5.74, 6) is -2.06. The van der Waals surface area contributed by atoms with E-state index < -0.39 is 28.6 Å². The largest absolute Gasteiger partial charge is 0.481 e. The van der Waals surface area contributed by atoms with E-state index in [9.17, 15) is 18.9 Å². The minimum absolute atomic E-state index is 0.00433. The van der Waals surface area contributed by atoms with Crippen LogP contribution in [0.15, 0.2) is 12.2 Å². The average molecular weight is 299 g/mol. The molecule has 0 spiro atoms. The molecule has 0 aromatic rings. The minimum atomic E-state index is -0.899. The number of carbonyl (C=O) groups excluding carboxylic acids is 1. The van der Waals surface area contributed by atoms with Gasteiger partial charge in [-0.15, -0.1) is 0 Å². The first-order valence-electron chi connectivity index (χ1n) is 6.93. The van der Waals surface area contributed by atoms with Crippen molar-refractivity contribution in [3.05, 3.63) is 12.2 Å². The molecule has 6 unspecified atom stereocenters. The van der Waals surface area contributed by atoms with Crippen molar-refractivity contribution in [2.75, 3.05) is 12.8 Å². The molecule has 0 aromatic heterocycles. The van der Waals surface area contributed by atoms with Crippen LogP contribution in [-0.4, -0.2) is 39.2 Å². The molecule has 2 N–H and O–H groups in total. The molecule has 0 radical (unpaired) electrons. The van der Waals surface area contributed by atoms with Crippen LogP contribution in [0.4, 0.5) is 0 Å². The number of fused-ring (bicyclic) bond motifs is 2. The summed E-state index contributed by atoms with van der Waals surface area (Å²) in [6.45, 7) is 2.33. The van der Waals surface area contributed by atoms with Crippen molar-refractivity contribution in [3.8, 4) is 0 Å². The van der Waals surface area contributed by atoms with Crippen molar-refractivity contribution in [1.29, 1.82) is 0 Å². The summed E-state index contributed by atoms with van der Waals surface area (Å²) in [6.07, 6.45) is 6.95. The number of carbonyl (C=O) groups is 2. The van der Waals surface area contributed by atoms with Crippen molar-refractivity contribution in [1.82, 2.24) is 5.32 Å². The maximum absolute atomic E-state index is 12.2. The number of rotatable bonds is 6. The third-order valence-corrected chi connectivity index (χ3v) is 5.83. The van der Waals surface area contributed by atoms with Crippen LogP contribution in [0.3, 0.4) is 0 Å². The van der Waals surface area contributed by atoms with Crippen molar-refractivity contribution in [3.63, 3.8) is 0 Å². The first-order valence-corrected chi connectivity index (χ1v) is 8.55. The van der Waals surface area contributed by atoms with Gasteiger partial charge >= 0.3 is 5.97 Å². The Balaban J connectivity index is 1.90. The molecule has 112 valence electrons. The molecule has 0 saturated heterocycles. The predicted molar refractivity (Wildman–Crippen MR) is 76.5 cm³/mol. The van der Waals surface area contributed by atoms with E-state index in [4.69, 9.17) is 0 Å². The molecule has 1 amide bonds. The lowest BCUT2D eigenvalue weighted by molar-refractivity contribution is -0.147. The molecule has 5 nitrogen and oxygen atoms in total. The minimum Gasteiger partial charge on any atom is -0.481 e. The van der Waals surface area contributed by atoms with Gasteiger partial charge in [-0.25, -0.2) is 0 Å². The Morgan fingerprint density at radius 2 is 1.95 bits per heavy atom. The fourth-order valence-corrected chi connectivity index (χ4v) is 3.65. The van der Waals surface area contributed by atoms with Gasteiger partial charge in [-0.3, -0.25) is 13.8 Å². The molecule has 2 aliphatic carbocycles. The molecule has 6 atom stereocenters. The first-order chi connectivity index (χ1) is 9.41. The molecule has 2 rings (SSSR count). The van der Waals surface area contributed by atoms with E-state index in [0.717, 1.165) is 6.42 Å². The summed E-state index contributed by atoms with van der Waals surface area (Å²) < 4.78 is 11.2. The van der Waals surface area contributed by atoms with Crippen LogP contribution in [0.5, 0.6) is 0 Å². The average Bonchev–Trinajstić information content (AvgIpc) is 2.97. The van der Waals surface area contributed by atoms with Gasteiger partial charge in [0.2, 0.25) is 5.91 Å². The Bertz CT molecular complexity index is 462. The summed E-state index contributed by atoms with van der Waals surface area (Å²) in [4.78, 5) is 23.5. The van der Waals surface area contributed by atoms with Gasteiger partial charge in [-0.2, -0.15) is 0 Å². The molecule has 2 bridgehead atoms. The number of allylic oxidation sites excluding steroid dienone is 2. The fraction of sp³-hybridized carbons (Fsp3) is 0.714. The van der Waals surface area contributed by atoms with E-state index >= 15 is 0 Å². The lowest BCUT2D eigenvalue weighted by Crippen LogP contribution is -2.41. The quantitative estimate of drug-likeness (QED) is 0.710. The highest BCUT2D eigenvalue weighted by Crippen LogP contribution is 2.48.